The van der Waals surface area contributed by atoms with Crippen molar-refractivity contribution in [3.8, 4) is 5.75 Å². The SMILES string of the molecule is Cc1c(C(C)C)cc(F)c2c1CCCO2. The summed E-state index contributed by atoms with van der Waals surface area (Å²) in [5.41, 5.74) is 3.39. The summed E-state index contributed by atoms with van der Waals surface area (Å²) in [6.07, 6.45) is 1.94. The van der Waals surface area contributed by atoms with E-state index in [1.54, 1.807) is 6.07 Å². The summed E-state index contributed by atoms with van der Waals surface area (Å²) in [5, 5.41) is 0. The molecule has 82 valence electrons. The molecule has 1 aliphatic rings. The van der Waals surface area contributed by atoms with Crippen molar-refractivity contribution >= 4 is 0 Å². The molecule has 0 atom stereocenters. The number of rotatable bonds is 1. The predicted molar refractivity (Wildman–Crippen MR) is 59.0 cm³/mol. The second-order valence-corrected chi connectivity index (χ2v) is 4.49. The number of fused-ring (bicyclic) bond motifs is 1. The molecule has 0 unspecified atom stereocenters. The van der Waals surface area contributed by atoms with Crippen molar-refractivity contribution in [3.63, 3.8) is 0 Å². The molecule has 15 heavy (non-hydrogen) atoms. The Balaban J connectivity index is 2.59. The summed E-state index contributed by atoms with van der Waals surface area (Å²) in [5.74, 6) is 0.661. The van der Waals surface area contributed by atoms with Gasteiger partial charge in [0.05, 0.1) is 6.61 Å². The summed E-state index contributed by atoms with van der Waals surface area (Å²) in [7, 11) is 0. The lowest BCUT2D eigenvalue weighted by molar-refractivity contribution is 0.272. The lowest BCUT2D eigenvalue weighted by Gasteiger charge is -2.23. The molecular formula is C13H17FO. The van der Waals surface area contributed by atoms with Gasteiger partial charge in [0.2, 0.25) is 0 Å². The average molecular weight is 208 g/mol. The zero-order chi connectivity index (χ0) is 11.0. The molecule has 0 spiro atoms. The van der Waals surface area contributed by atoms with Gasteiger partial charge in [-0.15, -0.1) is 0 Å². The van der Waals surface area contributed by atoms with Gasteiger partial charge in [-0.3, -0.25) is 0 Å². The Hall–Kier alpha value is -1.05. The smallest absolute Gasteiger partial charge is 0.165 e. The van der Waals surface area contributed by atoms with E-state index in [4.69, 9.17) is 4.74 Å². The topological polar surface area (TPSA) is 9.23 Å². The Bertz CT molecular complexity index is 383. The third kappa shape index (κ3) is 1.73. The van der Waals surface area contributed by atoms with Crippen LogP contribution in [0, 0.1) is 12.7 Å². The molecule has 0 aromatic heterocycles. The number of ether oxygens (including phenoxy) is 1. The Morgan fingerprint density at radius 2 is 2.13 bits per heavy atom. The fourth-order valence-electron chi connectivity index (χ4n) is 2.28. The van der Waals surface area contributed by atoms with Crippen molar-refractivity contribution in [1.29, 1.82) is 0 Å². The first-order chi connectivity index (χ1) is 7.11. The fourth-order valence-corrected chi connectivity index (χ4v) is 2.28. The van der Waals surface area contributed by atoms with E-state index in [1.165, 1.54) is 5.56 Å². The van der Waals surface area contributed by atoms with Gasteiger partial charge in [0, 0.05) is 5.56 Å². The minimum absolute atomic E-state index is 0.195. The molecule has 1 aromatic carbocycles. The van der Waals surface area contributed by atoms with Crippen molar-refractivity contribution in [2.75, 3.05) is 6.61 Å². The molecule has 0 radical (unpaired) electrons. The van der Waals surface area contributed by atoms with E-state index in [-0.39, 0.29) is 5.82 Å². The highest BCUT2D eigenvalue weighted by atomic mass is 19.1. The monoisotopic (exact) mass is 208 g/mol. The second-order valence-electron chi connectivity index (χ2n) is 4.49. The number of halogens is 1. The molecular weight excluding hydrogens is 191 g/mol. The van der Waals surface area contributed by atoms with E-state index in [0.717, 1.165) is 24.0 Å². The van der Waals surface area contributed by atoms with Crippen LogP contribution in [-0.2, 0) is 6.42 Å². The zero-order valence-electron chi connectivity index (χ0n) is 9.56. The highest BCUT2D eigenvalue weighted by Gasteiger charge is 2.20. The van der Waals surface area contributed by atoms with Gasteiger partial charge in [-0.1, -0.05) is 13.8 Å². The lowest BCUT2D eigenvalue weighted by atomic mass is 9.90. The number of hydrogen-bond donors (Lipinski definition) is 0. The number of hydrogen-bond acceptors (Lipinski definition) is 1. The van der Waals surface area contributed by atoms with Crippen LogP contribution in [0.2, 0.25) is 0 Å². The third-order valence-electron chi connectivity index (χ3n) is 3.10. The molecule has 1 aromatic rings. The van der Waals surface area contributed by atoms with Gasteiger partial charge < -0.3 is 4.74 Å². The Labute approximate surface area is 90.3 Å². The summed E-state index contributed by atoms with van der Waals surface area (Å²) in [4.78, 5) is 0. The Morgan fingerprint density at radius 3 is 2.80 bits per heavy atom. The highest BCUT2D eigenvalue weighted by Crippen LogP contribution is 2.35. The van der Waals surface area contributed by atoms with E-state index in [0.29, 0.717) is 18.3 Å². The molecule has 2 heteroatoms. The predicted octanol–water partition coefficient (Wildman–Crippen LogP) is 3.58. The molecule has 0 bridgehead atoms. The molecule has 0 saturated heterocycles. The van der Waals surface area contributed by atoms with Crippen LogP contribution in [0.4, 0.5) is 4.39 Å². The minimum Gasteiger partial charge on any atom is -0.490 e. The molecule has 0 saturated carbocycles. The van der Waals surface area contributed by atoms with Gasteiger partial charge in [-0.2, -0.15) is 0 Å². The van der Waals surface area contributed by atoms with E-state index in [9.17, 15) is 4.39 Å². The van der Waals surface area contributed by atoms with Gasteiger partial charge in [0.25, 0.3) is 0 Å². The first-order valence-corrected chi connectivity index (χ1v) is 5.56. The van der Waals surface area contributed by atoms with Crippen LogP contribution in [0.1, 0.15) is 42.9 Å². The fraction of sp³-hybridized carbons (Fsp3) is 0.538. The van der Waals surface area contributed by atoms with Gasteiger partial charge in [-0.25, -0.2) is 4.39 Å². The van der Waals surface area contributed by atoms with Crippen molar-refractivity contribution in [2.24, 2.45) is 0 Å². The van der Waals surface area contributed by atoms with Crippen molar-refractivity contribution in [2.45, 2.75) is 39.5 Å². The van der Waals surface area contributed by atoms with Crippen LogP contribution in [0.15, 0.2) is 6.07 Å². The first kappa shape index (κ1) is 10.5. The van der Waals surface area contributed by atoms with Gasteiger partial charge in [0.15, 0.2) is 11.6 Å². The maximum atomic E-state index is 13.7. The van der Waals surface area contributed by atoms with Gasteiger partial charge in [-0.05, 0) is 42.9 Å². The van der Waals surface area contributed by atoms with E-state index >= 15 is 0 Å². The zero-order valence-corrected chi connectivity index (χ0v) is 9.56. The first-order valence-electron chi connectivity index (χ1n) is 5.56. The van der Waals surface area contributed by atoms with E-state index in [1.807, 2.05) is 0 Å². The van der Waals surface area contributed by atoms with Crippen LogP contribution >= 0.6 is 0 Å². The largest absolute Gasteiger partial charge is 0.490 e. The molecule has 1 aliphatic heterocycles. The second kappa shape index (κ2) is 3.84. The molecule has 2 rings (SSSR count). The normalized spacial score (nSPS) is 15.0. The molecule has 1 heterocycles. The van der Waals surface area contributed by atoms with Crippen LogP contribution < -0.4 is 4.74 Å². The standard InChI is InChI=1S/C13H17FO/c1-8(2)11-7-12(14)13-10(9(11)3)5-4-6-15-13/h7-8H,4-6H2,1-3H3. The quantitative estimate of drug-likeness (QED) is 0.685. The van der Waals surface area contributed by atoms with Crippen LogP contribution in [0.3, 0.4) is 0 Å². The van der Waals surface area contributed by atoms with Crippen molar-refractivity contribution in [1.82, 2.24) is 0 Å². The van der Waals surface area contributed by atoms with Crippen LogP contribution in [0.25, 0.3) is 0 Å². The Kier molecular flexibility index (Phi) is 2.68. The number of benzene rings is 1. The minimum atomic E-state index is -0.195. The Morgan fingerprint density at radius 1 is 1.40 bits per heavy atom. The van der Waals surface area contributed by atoms with Gasteiger partial charge in [0.1, 0.15) is 0 Å². The molecule has 0 aliphatic carbocycles. The summed E-state index contributed by atoms with van der Waals surface area (Å²) in [6.45, 7) is 6.91. The molecule has 1 nitrogen and oxygen atoms in total. The third-order valence-corrected chi connectivity index (χ3v) is 3.10. The lowest BCUT2D eigenvalue weighted by Crippen LogP contribution is -2.13. The average Bonchev–Trinajstić information content (AvgIpc) is 2.23. The molecule has 0 N–H and O–H groups in total. The van der Waals surface area contributed by atoms with Crippen LogP contribution in [-0.4, -0.2) is 6.61 Å². The van der Waals surface area contributed by atoms with Gasteiger partial charge >= 0.3 is 0 Å². The van der Waals surface area contributed by atoms with Crippen molar-refractivity contribution in [3.05, 3.63) is 28.6 Å². The summed E-state index contributed by atoms with van der Waals surface area (Å²) < 4.78 is 19.1. The summed E-state index contributed by atoms with van der Waals surface area (Å²) in [6, 6.07) is 1.63. The maximum Gasteiger partial charge on any atom is 0.165 e. The maximum absolute atomic E-state index is 13.7. The highest BCUT2D eigenvalue weighted by molar-refractivity contribution is 5.47. The van der Waals surface area contributed by atoms with Crippen LogP contribution in [0.5, 0.6) is 5.75 Å². The van der Waals surface area contributed by atoms with Crippen molar-refractivity contribution < 1.29 is 9.13 Å². The summed E-state index contributed by atoms with van der Waals surface area (Å²) >= 11 is 0. The van der Waals surface area contributed by atoms with E-state index in [2.05, 4.69) is 20.8 Å². The molecule has 0 fully saturated rings. The van der Waals surface area contributed by atoms with E-state index < -0.39 is 0 Å². The molecule has 0 amide bonds.